The molecule has 0 saturated carbocycles. The van der Waals surface area contributed by atoms with Gasteiger partial charge in [-0.15, -0.1) is 0 Å². The molecule has 61 heavy (non-hydrogen) atoms. The van der Waals surface area contributed by atoms with Crippen LogP contribution in [0.5, 0.6) is 0 Å². The lowest BCUT2D eigenvalue weighted by molar-refractivity contribution is 0.661. The van der Waals surface area contributed by atoms with Gasteiger partial charge in [-0.1, -0.05) is 190 Å². The van der Waals surface area contributed by atoms with Crippen molar-refractivity contribution in [1.29, 1.82) is 0 Å². The van der Waals surface area contributed by atoms with Crippen molar-refractivity contribution < 1.29 is 0 Å². The van der Waals surface area contributed by atoms with Crippen molar-refractivity contribution in [2.45, 2.75) is 24.7 Å². The van der Waals surface area contributed by atoms with Gasteiger partial charge in [0, 0.05) is 22.4 Å². The number of nitrogens with zero attached hydrogens (tertiary/aromatic N) is 1. The second-order valence-corrected chi connectivity index (χ2v) is 17.3. The summed E-state index contributed by atoms with van der Waals surface area (Å²) in [4.78, 5) is 2.54. The largest absolute Gasteiger partial charge is 0.310 e. The molecule has 0 radical (unpaired) electrons. The van der Waals surface area contributed by atoms with Crippen LogP contribution in [-0.4, -0.2) is 0 Å². The summed E-state index contributed by atoms with van der Waals surface area (Å²) in [5.74, 6) is 0. The molecule has 0 aliphatic heterocycles. The molecule has 0 amide bonds. The van der Waals surface area contributed by atoms with Crippen LogP contribution in [0.3, 0.4) is 0 Å². The Morgan fingerprint density at radius 1 is 0.311 bits per heavy atom. The Bertz CT molecular complexity index is 3290. The Balaban J connectivity index is 1.15. The van der Waals surface area contributed by atoms with Gasteiger partial charge in [-0.2, -0.15) is 0 Å². The van der Waals surface area contributed by atoms with Gasteiger partial charge in [0.2, 0.25) is 0 Å². The van der Waals surface area contributed by atoms with Gasteiger partial charge in [0.25, 0.3) is 0 Å². The third-order valence-corrected chi connectivity index (χ3v) is 13.7. The summed E-state index contributed by atoms with van der Waals surface area (Å²) in [6, 6.07) is 83.8. The van der Waals surface area contributed by atoms with E-state index in [1.165, 1.54) is 88.3 Å². The Morgan fingerprint density at radius 3 is 1.38 bits per heavy atom. The summed E-state index contributed by atoms with van der Waals surface area (Å²) < 4.78 is 0. The zero-order valence-electron chi connectivity index (χ0n) is 34.3. The fourth-order valence-electron chi connectivity index (χ4n) is 10.8. The van der Waals surface area contributed by atoms with Crippen LogP contribution in [0.1, 0.15) is 47.2 Å². The maximum absolute atomic E-state index is 2.54. The van der Waals surface area contributed by atoms with Crippen LogP contribution in [0.25, 0.3) is 54.9 Å². The van der Waals surface area contributed by atoms with Crippen LogP contribution in [0, 0.1) is 0 Å². The standard InChI is InChI=1S/C60H43N/c1-59(2)55-36-43-22-14-12-21-42(43)35-53(55)51-33-31-47(38-56(51)59)61(58-37-44-23-15-13-20-41(44)34-52(58)40-18-6-3-7-19-40)48-30-32-50-49-28-16-17-29-54(49)60(57(50)39-48,45-24-8-4-9-25-45)46-26-10-5-11-27-46/h3-39H,1-2H3. The molecule has 10 aromatic rings. The van der Waals surface area contributed by atoms with Crippen LogP contribution in [0.15, 0.2) is 224 Å². The Hall–Kier alpha value is -7.48. The summed E-state index contributed by atoms with van der Waals surface area (Å²) in [5, 5.41) is 4.99. The second-order valence-electron chi connectivity index (χ2n) is 17.3. The van der Waals surface area contributed by atoms with E-state index >= 15 is 0 Å². The highest BCUT2D eigenvalue weighted by Crippen LogP contribution is 2.58. The van der Waals surface area contributed by atoms with Crippen LogP contribution in [0.4, 0.5) is 17.1 Å². The number of anilines is 3. The quantitative estimate of drug-likeness (QED) is 0.163. The molecule has 2 aliphatic carbocycles. The van der Waals surface area contributed by atoms with Crippen LogP contribution >= 0.6 is 0 Å². The molecule has 2 aliphatic rings. The Labute approximate surface area is 357 Å². The smallest absolute Gasteiger partial charge is 0.0714 e. The molecule has 288 valence electrons. The summed E-state index contributed by atoms with van der Waals surface area (Å²) >= 11 is 0. The van der Waals surface area contributed by atoms with E-state index in [-0.39, 0.29) is 5.41 Å². The van der Waals surface area contributed by atoms with E-state index in [1.54, 1.807) is 0 Å². The average molecular weight is 778 g/mol. The van der Waals surface area contributed by atoms with E-state index < -0.39 is 5.41 Å². The van der Waals surface area contributed by atoms with Crippen molar-refractivity contribution in [3.8, 4) is 33.4 Å². The minimum atomic E-state index is -0.522. The number of hydrogen-bond acceptors (Lipinski definition) is 1. The summed E-state index contributed by atoms with van der Waals surface area (Å²) in [6.45, 7) is 4.79. The van der Waals surface area contributed by atoms with Crippen molar-refractivity contribution in [3.63, 3.8) is 0 Å². The van der Waals surface area contributed by atoms with Gasteiger partial charge in [-0.3, -0.25) is 0 Å². The predicted octanol–water partition coefficient (Wildman–Crippen LogP) is 15.8. The first-order valence-corrected chi connectivity index (χ1v) is 21.4. The fourth-order valence-corrected chi connectivity index (χ4v) is 10.8. The zero-order valence-corrected chi connectivity index (χ0v) is 34.3. The maximum Gasteiger partial charge on any atom is 0.0714 e. The molecule has 1 heteroatoms. The first-order valence-electron chi connectivity index (χ1n) is 21.4. The lowest BCUT2D eigenvalue weighted by Gasteiger charge is -2.35. The number of fused-ring (bicyclic) bond motifs is 8. The van der Waals surface area contributed by atoms with Gasteiger partial charge in [-0.25, -0.2) is 0 Å². The molecular weight excluding hydrogens is 735 g/mol. The first kappa shape index (κ1) is 35.5. The number of rotatable bonds is 6. The lowest BCUT2D eigenvalue weighted by Crippen LogP contribution is -2.28. The zero-order chi connectivity index (χ0) is 40.7. The van der Waals surface area contributed by atoms with Gasteiger partial charge in [0.05, 0.1) is 11.1 Å². The van der Waals surface area contributed by atoms with E-state index in [9.17, 15) is 0 Å². The van der Waals surface area contributed by atoms with Crippen LogP contribution in [-0.2, 0) is 10.8 Å². The molecular formula is C60H43N. The third-order valence-electron chi connectivity index (χ3n) is 13.7. The minimum absolute atomic E-state index is 0.197. The van der Waals surface area contributed by atoms with Crippen molar-refractivity contribution in [2.75, 3.05) is 4.90 Å². The Kier molecular flexibility index (Phi) is 7.86. The van der Waals surface area contributed by atoms with E-state index in [2.05, 4.69) is 243 Å². The molecule has 0 atom stereocenters. The SMILES string of the molecule is CC1(C)c2cc(N(c3ccc4c(c3)C(c3ccccc3)(c3ccccc3)c3ccccc3-4)c3cc4ccccc4cc3-c3ccccc3)ccc2-c2cc3ccccc3cc21. The highest BCUT2D eigenvalue weighted by Gasteiger charge is 2.46. The van der Waals surface area contributed by atoms with E-state index in [1.807, 2.05) is 0 Å². The third kappa shape index (κ3) is 5.27. The molecule has 0 heterocycles. The van der Waals surface area contributed by atoms with E-state index in [0.717, 1.165) is 17.1 Å². The molecule has 0 spiro atoms. The topological polar surface area (TPSA) is 3.24 Å². The molecule has 12 rings (SSSR count). The number of hydrogen-bond donors (Lipinski definition) is 0. The molecule has 0 aromatic heterocycles. The fraction of sp³-hybridized carbons (Fsp3) is 0.0667. The monoisotopic (exact) mass is 777 g/mol. The molecule has 0 bridgehead atoms. The molecule has 0 fully saturated rings. The van der Waals surface area contributed by atoms with Crippen molar-refractivity contribution >= 4 is 38.6 Å². The minimum Gasteiger partial charge on any atom is -0.310 e. The summed E-state index contributed by atoms with van der Waals surface area (Å²) in [6.07, 6.45) is 0. The van der Waals surface area contributed by atoms with E-state index in [0.29, 0.717) is 0 Å². The van der Waals surface area contributed by atoms with Crippen molar-refractivity contribution in [2.24, 2.45) is 0 Å². The Morgan fingerprint density at radius 2 is 0.754 bits per heavy atom. The van der Waals surface area contributed by atoms with Gasteiger partial charge in [-0.05, 0) is 131 Å². The second kappa shape index (κ2) is 13.5. The van der Waals surface area contributed by atoms with Crippen molar-refractivity contribution in [3.05, 3.63) is 258 Å². The van der Waals surface area contributed by atoms with Crippen LogP contribution < -0.4 is 4.90 Å². The highest BCUT2D eigenvalue weighted by molar-refractivity contribution is 6.00. The molecule has 1 nitrogen and oxygen atoms in total. The first-order chi connectivity index (χ1) is 30.0. The molecule has 0 unspecified atom stereocenters. The molecule has 0 saturated heterocycles. The van der Waals surface area contributed by atoms with Crippen molar-refractivity contribution in [1.82, 2.24) is 0 Å². The summed E-state index contributed by atoms with van der Waals surface area (Å²) in [7, 11) is 0. The van der Waals surface area contributed by atoms with Crippen LogP contribution in [0.2, 0.25) is 0 Å². The lowest BCUT2D eigenvalue weighted by atomic mass is 9.67. The van der Waals surface area contributed by atoms with Gasteiger partial charge < -0.3 is 4.90 Å². The maximum atomic E-state index is 2.54. The highest BCUT2D eigenvalue weighted by atomic mass is 15.1. The summed E-state index contributed by atoms with van der Waals surface area (Å²) in [5.41, 5.74) is 18.1. The van der Waals surface area contributed by atoms with E-state index in [4.69, 9.17) is 0 Å². The van der Waals surface area contributed by atoms with Gasteiger partial charge >= 0.3 is 0 Å². The number of benzene rings is 10. The van der Waals surface area contributed by atoms with Gasteiger partial charge in [0.1, 0.15) is 0 Å². The average Bonchev–Trinajstić information content (AvgIpc) is 3.73. The molecule has 0 N–H and O–H groups in total. The van der Waals surface area contributed by atoms with Gasteiger partial charge in [0.15, 0.2) is 0 Å². The predicted molar refractivity (Wildman–Crippen MR) is 256 cm³/mol. The normalized spacial score (nSPS) is 14.0. The molecule has 10 aromatic carbocycles.